The number of anilines is 1. The van der Waals surface area contributed by atoms with Crippen LogP contribution >= 0.6 is 0 Å². The summed E-state index contributed by atoms with van der Waals surface area (Å²) >= 11 is 0. The van der Waals surface area contributed by atoms with Crippen LogP contribution in [0.1, 0.15) is 5.56 Å². The van der Waals surface area contributed by atoms with Crippen molar-refractivity contribution in [2.24, 2.45) is 0 Å². The molecule has 0 fully saturated rings. The summed E-state index contributed by atoms with van der Waals surface area (Å²) in [4.78, 5) is 12.8. The lowest BCUT2D eigenvalue weighted by molar-refractivity contribution is -0.113. The molecule has 0 atom stereocenters. The molecule has 18 heavy (non-hydrogen) atoms. The van der Waals surface area contributed by atoms with Gasteiger partial charge in [-0.25, -0.2) is 8.42 Å². The fraction of sp³-hybridized carbons (Fsp3) is 0.154. The van der Waals surface area contributed by atoms with Crippen molar-refractivity contribution in [1.82, 2.24) is 0 Å². The third-order valence-electron chi connectivity index (χ3n) is 2.45. The largest absolute Gasteiger partial charge is 0.312 e. The van der Waals surface area contributed by atoms with Crippen LogP contribution in [0.5, 0.6) is 0 Å². The Labute approximate surface area is 107 Å². The molecule has 0 radical (unpaired) electrons. The molecule has 0 aromatic heterocycles. The maximum absolute atomic E-state index is 11.4. The quantitative estimate of drug-likeness (QED) is 0.764. The van der Waals surface area contributed by atoms with Crippen LogP contribution in [-0.4, -0.2) is 21.4 Å². The van der Waals surface area contributed by atoms with E-state index in [9.17, 15) is 13.2 Å². The molecule has 0 heterocycles. The third kappa shape index (κ3) is 3.56. The number of nitrogens with zero attached hydrogens (tertiary/aromatic N) is 1. The maximum atomic E-state index is 11.4. The molecule has 96 valence electrons. The topological polar surface area (TPSA) is 54.5 Å². The van der Waals surface area contributed by atoms with Gasteiger partial charge in [0.05, 0.1) is 5.75 Å². The molecule has 0 aliphatic heterocycles. The van der Waals surface area contributed by atoms with E-state index in [0.717, 1.165) is 5.41 Å². The molecule has 1 aromatic carbocycles. The molecular weight excluding hydrogens is 250 g/mol. The Morgan fingerprint density at radius 1 is 1.28 bits per heavy atom. The number of likely N-dealkylation sites (N-methyl/N-ethyl adjacent to an activating group) is 1. The molecule has 0 unspecified atom stereocenters. The van der Waals surface area contributed by atoms with Gasteiger partial charge in [-0.3, -0.25) is 4.79 Å². The van der Waals surface area contributed by atoms with Crippen molar-refractivity contribution in [1.29, 1.82) is 0 Å². The average Bonchev–Trinajstić information content (AvgIpc) is 2.37. The van der Waals surface area contributed by atoms with Gasteiger partial charge in [0, 0.05) is 18.1 Å². The van der Waals surface area contributed by atoms with Gasteiger partial charge in [-0.05, 0) is 23.8 Å². The van der Waals surface area contributed by atoms with Gasteiger partial charge in [-0.15, -0.1) is 0 Å². The highest BCUT2D eigenvalue weighted by Crippen LogP contribution is 2.16. The van der Waals surface area contributed by atoms with Crippen LogP contribution in [0.3, 0.4) is 0 Å². The highest BCUT2D eigenvalue weighted by Gasteiger charge is 2.09. The fourth-order valence-electron chi connectivity index (χ4n) is 1.37. The molecule has 0 saturated heterocycles. The van der Waals surface area contributed by atoms with E-state index in [-0.39, 0.29) is 11.7 Å². The number of hydrogen-bond acceptors (Lipinski definition) is 3. The Bertz CT molecular complexity index is 558. The normalized spacial score (nSPS) is 10.7. The van der Waals surface area contributed by atoms with Crippen LogP contribution < -0.4 is 4.90 Å². The summed E-state index contributed by atoms with van der Waals surface area (Å²) in [5.74, 6) is -0.308. The number of hydrogen-bond donors (Lipinski definition) is 0. The Kier molecular flexibility index (Phi) is 4.44. The summed E-state index contributed by atoms with van der Waals surface area (Å²) in [5, 5.41) is 0.939. The number of carbonyl (C=O) groups is 1. The average molecular weight is 265 g/mol. The lowest BCUT2D eigenvalue weighted by Crippen LogP contribution is -2.23. The zero-order chi connectivity index (χ0) is 13.8. The first-order chi connectivity index (χ1) is 8.39. The molecule has 1 amide bonds. The summed E-state index contributed by atoms with van der Waals surface area (Å²) in [6, 6.07) is 6.72. The number of rotatable bonds is 5. The summed E-state index contributed by atoms with van der Waals surface area (Å²) in [6.45, 7) is 6.66. The van der Waals surface area contributed by atoms with Crippen LogP contribution in [0.15, 0.2) is 48.9 Å². The molecule has 0 bridgehead atoms. The second-order valence-electron chi connectivity index (χ2n) is 3.74. The minimum atomic E-state index is -3.26. The third-order valence-corrected chi connectivity index (χ3v) is 3.69. The summed E-state index contributed by atoms with van der Waals surface area (Å²) < 4.78 is 22.7. The highest BCUT2D eigenvalue weighted by atomic mass is 32.2. The Balaban J connectivity index is 2.90. The van der Waals surface area contributed by atoms with Gasteiger partial charge < -0.3 is 4.90 Å². The predicted octanol–water partition coefficient (Wildman–Crippen LogP) is 1.89. The summed E-state index contributed by atoms with van der Waals surface area (Å²) in [5.41, 5.74) is 1.33. The second-order valence-corrected chi connectivity index (χ2v) is 5.69. The van der Waals surface area contributed by atoms with Crippen molar-refractivity contribution in [2.75, 3.05) is 11.9 Å². The van der Waals surface area contributed by atoms with Gasteiger partial charge in [0.2, 0.25) is 5.91 Å². The smallest absolute Gasteiger partial charge is 0.250 e. The van der Waals surface area contributed by atoms with Crippen LogP contribution in [0.2, 0.25) is 0 Å². The number of benzene rings is 1. The van der Waals surface area contributed by atoms with E-state index in [2.05, 4.69) is 13.2 Å². The molecule has 0 N–H and O–H groups in total. The SMILES string of the molecule is C=CC(=O)N(C)c1ccc(CS(=O)(=O)C=C)cc1. The van der Waals surface area contributed by atoms with E-state index < -0.39 is 9.84 Å². The monoisotopic (exact) mass is 265 g/mol. The highest BCUT2D eigenvalue weighted by molar-refractivity contribution is 7.93. The van der Waals surface area contributed by atoms with E-state index in [1.165, 1.54) is 11.0 Å². The molecule has 0 aliphatic rings. The van der Waals surface area contributed by atoms with Crippen molar-refractivity contribution in [3.63, 3.8) is 0 Å². The predicted molar refractivity (Wildman–Crippen MR) is 72.9 cm³/mol. The molecular formula is C13H15NO3S. The van der Waals surface area contributed by atoms with Gasteiger partial charge >= 0.3 is 0 Å². The molecule has 0 aliphatic carbocycles. The first-order valence-electron chi connectivity index (χ1n) is 5.24. The Morgan fingerprint density at radius 3 is 2.28 bits per heavy atom. The van der Waals surface area contributed by atoms with E-state index >= 15 is 0 Å². The Morgan fingerprint density at radius 2 is 1.83 bits per heavy atom. The van der Waals surface area contributed by atoms with Crippen LogP contribution in [0, 0.1) is 0 Å². The van der Waals surface area contributed by atoms with Crippen molar-refractivity contribution < 1.29 is 13.2 Å². The lowest BCUT2D eigenvalue weighted by atomic mass is 10.2. The number of amides is 1. The van der Waals surface area contributed by atoms with E-state index in [4.69, 9.17) is 0 Å². The van der Waals surface area contributed by atoms with Crippen LogP contribution in [0.4, 0.5) is 5.69 Å². The van der Waals surface area contributed by atoms with Gasteiger partial charge in [0.15, 0.2) is 9.84 Å². The van der Waals surface area contributed by atoms with Crippen molar-refractivity contribution in [2.45, 2.75) is 5.75 Å². The number of sulfone groups is 1. The molecule has 4 nitrogen and oxygen atoms in total. The summed E-state index contributed by atoms with van der Waals surface area (Å²) in [7, 11) is -1.63. The first-order valence-corrected chi connectivity index (χ1v) is 6.95. The first kappa shape index (κ1) is 14.2. The van der Waals surface area contributed by atoms with Crippen molar-refractivity contribution >= 4 is 21.4 Å². The molecule has 0 saturated carbocycles. The summed E-state index contributed by atoms with van der Waals surface area (Å²) in [6.07, 6.45) is 1.22. The minimum Gasteiger partial charge on any atom is -0.312 e. The maximum Gasteiger partial charge on any atom is 0.250 e. The van der Waals surface area contributed by atoms with E-state index in [1.54, 1.807) is 31.3 Å². The van der Waals surface area contributed by atoms with Crippen molar-refractivity contribution in [3.05, 3.63) is 54.5 Å². The zero-order valence-corrected chi connectivity index (χ0v) is 11.0. The van der Waals surface area contributed by atoms with E-state index in [0.29, 0.717) is 11.3 Å². The Hall–Kier alpha value is -1.88. The van der Waals surface area contributed by atoms with Gasteiger partial charge in [0.1, 0.15) is 0 Å². The minimum absolute atomic E-state index is 0.0874. The molecule has 1 rings (SSSR count). The standard InChI is InChI=1S/C13H15NO3S/c1-4-13(15)14(3)12-8-6-11(7-9-12)10-18(16,17)5-2/h4-9H,1-2,10H2,3H3. The lowest BCUT2D eigenvalue weighted by Gasteiger charge is -2.15. The fourth-order valence-corrected chi connectivity index (χ4v) is 2.15. The zero-order valence-electron chi connectivity index (χ0n) is 10.2. The van der Waals surface area contributed by atoms with Crippen LogP contribution in [-0.2, 0) is 20.4 Å². The van der Waals surface area contributed by atoms with Gasteiger partial charge in [-0.1, -0.05) is 25.3 Å². The van der Waals surface area contributed by atoms with Gasteiger partial charge in [-0.2, -0.15) is 0 Å². The van der Waals surface area contributed by atoms with E-state index in [1.807, 2.05) is 0 Å². The van der Waals surface area contributed by atoms with Gasteiger partial charge in [0.25, 0.3) is 0 Å². The van der Waals surface area contributed by atoms with Crippen molar-refractivity contribution in [3.8, 4) is 0 Å². The molecule has 0 spiro atoms. The molecule has 1 aromatic rings. The van der Waals surface area contributed by atoms with Crippen LogP contribution in [0.25, 0.3) is 0 Å². The number of carbonyl (C=O) groups excluding carboxylic acids is 1. The molecule has 5 heteroatoms. The second kappa shape index (κ2) is 5.64.